The monoisotopic (exact) mass is 264 g/mol. The Morgan fingerprint density at radius 3 is 2.79 bits per heavy atom. The summed E-state index contributed by atoms with van der Waals surface area (Å²) in [5.41, 5.74) is 5.75. The highest BCUT2D eigenvalue weighted by Crippen LogP contribution is 2.34. The first-order chi connectivity index (χ1) is 9.21. The average Bonchev–Trinajstić information content (AvgIpc) is 2.84. The quantitative estimate of drug-likeness (QED) is 0.704. The number of carbonyl (C=O) groups is 1. The molecule has 1 amide bonds. The minimum Gasteiger partial charge on any atom is -0.357 e. The van der Waals surface area contributed by atoms with Crippen molar-refractivity contribution >= 4 is 5.91 Å². The fourth-order valence-electron chi connectivity index (χ4n) is 3.09. The first-order valence-electron chi connectivity index (χ1n) is 6.77. The van der Waals surface area contributed by atoms with Crippen LogP contribution < -0.4 is 10.9 Å². The smallest absolute Gasteiger partial charge is 0.221 e. The van der Waals surface area contributed by atoms with Crippen LogP contribution in [-0.2, 0) is 9.53 Å². The fourth-order valence-corrected chi connectivity index (χ4v) is 3.09. The van der Waals surface area contributed by atoms with Crippen molar-refractivity contribution in [2.45, 2.75) is 25.5 Å². The molecule has 2 saturated heterocycles. The lowest BCUT2D eigenvalue weighted by atomic mass is 9.98. The van der Waals surface area contributed by atoms with Gasteiger partial charge in [0.2, 0.25) is 5.91 Å². The molecule has 3 rings (SSSR count). The van der Waals surface area contributed by atoms with Gasteiger partial charge in [-0.05, 0) is 12.2 Å². The zero-order valence-corrected chi connectivity index (χ0v) is 11.2. The molecule has 6 nitrogen and oxygen atoms in total. The summed E-state index contributed by atoms with van der Waals surface area (Å²) < 4.78 is 5.90. The number of hydrogen-bond acceptors (Lipinski definition) is 5. The molecule has 0 unspecified atom stereocenters. The molecule has 0 atom stereocenters. The van der Waals surface area contributed by atoms with Crippen molar-refractivity contribution in [3.8, 4) is 0 Å². The van der Waals surface area contributed by atoms with Gasteiger partial charge < -0.3 is 20.0 Å². The van der Waals surface area contributed by atoms with Gasteiger partial charge in [0, 0.05) is 45.6 Å². The summed E-state index contributed by atoms with van der Waals surface area (Å²) in [6.07, 6.45) is 7.59. The van der Waals surface area contributed by atoms with E-state index in [0.717, 1.165) is 38.3 Å². The first-order valence-corrected chi connectivity index (χ1v) is 6.77. The van der Waals surface area contributed by atoms with E-state index >= 15 is 0 Å². The molecule has 3 aliphatic heterocycles. The van der Waals surface area contributed by atoms with Crippen LogP contribution in [0.2, 0.25) is 0 Å². The Hall–Kier alpha value is -1.69. The number of hydrogen-bond donors (Lipinski definition) is 2. The second kappa shape index (κ2) is 4.77. The van der Waals surface area contributed by atoms with E-state index in [4.69, 9.17) is 4.74 Å². The van der Waals surface area contributed by atoms with E-state index < -0.39 is 0 Å². The molecule has 1 spiro atoms. The van der Waals surface area contributed by atoms with Gasteiger partial charge in [-0.15, -0.1) is 0 Å². The molecule has 104 valence electrons. The van der Waals surface area contributed by atoms with Gasteiger partial charge in [0.05, 0.1) is 6.61 Å². The van der Waals surface area contributed by atoms with E-state index in [0.29, 0.717) is 6.61 Å². The summed E-state index contributed by atoms with van der Waals surface area (Å²) in [6.45, 7) is 4.78. The number of rotatable bonds is 1. The molecule has 0 saturated carbocycles. The lowest BCUT2D eigenvalue weighted by Crippen LogP contribution is -2.55. The third-order valence-electron chi connectivity index (χ3n) is 4.08. The second-order valence-corrected chi connectivity index (χ2v) is 5.13. The van der Waals surface area contributed by atoms with Crippen LogP contribution in [0.25, 0.3) is 0 Å². The maximum Gasteiger partial charge on any atom is 0.221 e. The predicted molar refractivity (Wildman–Crippen MR) is 70.4 cm³/mol. The van der Waals surface area contributed by atoms with Crippen molar-refractivity contribution in [1.82, 2.24) is 20.7 Å². The highest BCUT2D eigenvalue weighted by Gasteiger charge is 2.46. The number of likely N-dealkylation sites (tertiary alicyclic amines) is 1. The summed E-state index contributed by atoms with van der Waals surface area (Å²) in [5.74, 6) is 1.19. The lowest BCUT2D eigenvalue weighted by molar-refractivity contribution is -0.155. The van der Waals surface area contributed by atoms with Crippen LogP contribution in [0.3, 0.4) is 0 Å². The number of hydrazine groups is 1. The molecular weight excluding hydrogens is 244 g/mol. The Morgan fingerprint density at radius 1 is 1.37 bits per heavy atom. The van der Waals surface area contributed by atoms with Gasteiger partial charge in [0.25, 0.3) is 0 Å². The molecule has 0 radical (unpaired) electrons. The van der Waals surface area contributed by atoms with Gasteiger partial charge in [-0.25, -0.2) is 0 Å². The normalized spacial score (nSPS) is 25.0. The van der Waals surface area contributed by atoms with Crippen molar-refractivity contribution in [1.29, 1.82) is 0 Å². The van der Waals surface area contributed by atoms with Gasteiger partial charge in [0.15, 0.2) is 0 Å². The minimum atomic E-state index is -0.360. The molecule has 0 bridgehead atoms. The van der Waals surface area contributed by atoms with E-state index in [9.17, 15) is 4.79 Å². The Balaban J connectivity index is 1.67. The number of carbonyl (C=O) groups excluding carboxylic acids is 1. The fraction of sp³-hybridized carbons (Fsp3) is 0.615. The first kappa shape index (κ1) is 12.3. The average molecular weight is 264 g/mol. The van der Waals surface area contributed by atoms with Gasteiger partial charge in [-0.1, -0.05) is 0 Å². The summed E-state index contributed by atoms with van der Waals surface area (Å²) in [5, 5.41) is 0. The van der Waals surface area contributed by atoms with Crippen molar-refractivity contribution in [2.24, 2.45) is 0 Å². The standard InChI is InChI=1S/C13H20N4O2/c1-11(18)17-9-10-19-13(17)4-7-16(8-5-13)12-3-2-6-14-15-12/h2-3,6,14-15H,4-5,7-10H2,1H3. The van der Waals surface area contributed by atoms with Crippen LogP contribution in [0.4, 0.5) is 0 Å². The molecule has 0 aromatic heterocycles. The molecule has 0 aliphatic carbocycles. The van der Waals surface area contributed by atoms with E-state index in [1.54, 1.807) is 6.92 Å². The zero-order chi connectivity index (χ0) is 13.3. The number of ether oxygens (including phenoxy) is 1. The molecule has 3 aliphatic rings. The van der Waals surface area contributed by atoms with E-state index in [-0.39, 0.29) is 11.6 Å². The summed E-state index contributed by atoms with van der Waals surface area (Å²) in [6, 6.07) is 0. The van der Waals surface area contributed by atoms with Crippen LogP contribution >= 0.6 is 0 Å². The van der Waals surface area contributed by atoms with Crippen LogP contribution in [0.1, 0.15) is 19.8 Å². The van der Waals surface area contributed by atoms with Crippen LogP contribution in [-0.4, -0.2) is 47.7 Å². The molecule has 6 heteroatoms. The third-order valence-corrected chi connectivity index (χ3v) is 4.08. The van der Waals surface area contributed by atoms with Crippen LogP contribution in [0, 0.1) is 0 Å². The van der Waals surface area contributed by atoms with Crippen molar-refractivity contribution in [3.05, 3.63) is 24.2 Å². The molecule has 0 aromatic rings. The summed E-state index contributed by atoms with van der Waals surface area (Å²) in [4.78, 5) is 15.9. The predicted octanol–water partition coefficient (Wildman–Crippen LogP) is 0.120. The van der Waals surface area contributed by atoms with E-state index in [2.05, 4.69) is 15.8 Å². The zero-order valence-electron chi connectivity index (χ0n) is 11.2. The molecule has 2 fully saturated rings. The molecular formula is C13H20N4O2. The topological polar surface area (TPSA) is 56.8 Å². The lowest BCUT2D eigenvalue weighted by Gasteiger charge is -2.44. The maximum atomic E-state index is 11.7. The van der Waals surface area contributed by atoms with Gasteiger partial charge >= 0.3 is 0 Å². The molecule has 19 heavy (non-hydrogen) atoms. The van der Waals surface area contributed by atoms with Crippen LogP contribution in [0.5, 0.6) is 0 Å². The van der Waals surface area contributed by atoms with Crippen LogP contribution in [0.15, 0.2) is 24.2 Å². The van der Waals surface area contributed by atoms with E-state index in [1.165, 1.54) is 0 Å². The van der Waals surface area contributed by atoms with E-state index in [1.807, 2.05) is 23.3 Å². The Bertz CT molecular complexity index is 424. The number of nitrogens with zero attached hydrogens (tertiary/aromatic N) is 2. The van der Waals surface area contributed by atoms with Crippen molar-refractivity contribution < 1.29 is 9.53 Å². The SMILES string of the molecule is CC(=O)N1CCOC12CCN(C1=CC=CNN1)CC2. The molecule has 3 heterocycles. The van der Waals surface area contributed by atoms with Gasteiger partial charge in [-0.2, -0.15) is 0 Å². The maximum absolute atomic E-state index is 11.7. The molecule has 0 aromatic carbocycles. The Morgan fingerprint density at radius 2 is 2.16 bits per heavy atom. The Kier molecular flexibility index (Phi) is 3.10. The minimum absolute atomic E-state index is 0.116. The second-order valence-electron chi connectivity index (χ2n) is 5.13. The van der Waals surface area contributed by atoms with Crippen molar-refractivity contribution in [3.63, 3.8) is 0 Å². The van der Waals surface area contributed by atoms with Gasteiger partial charge in [-0.3, -0.25) is 10.2 Å². The summed E-state index contributed by atoms with van der Waals surface area (Å²) in [7, 11) is 0. The number of nitrogens with one attached hydrogen (secondary N) is 2. The highest BCUT2D eigenvalue weighted by molar-refractivity contribution is 5.74. The largest absolute Gasteiger partial charge is 0.357 e. The molecule has 2 N–H and O–H groups in total. The third kappa shape index (κ3) is 2.16. The number of allylic oxidation sites excluding steroid dienone is 2. The summed E-state index contributed by atoms with van der Waals surface area (Å²) >= 11 is 0. The number of piperidine rings is 1. The number of amides is 1. The highest BCUT2D eigenvalue weighted by atomic mass is 16.5. The van der Waals surface area contributed by atoms with Gasteiger partial charge in [0.1, 0.15) is 11.5 Å². The van der Waals surface area contributed by atoms with Crippen molar-refractivity contribution in [2.75, 3.05) is 26.2 Å². The Labute approximate surface area is 113 Å².